The molecule has 0 aliphatic carbocycles. The van der Waals surface area contributed by atoms with Crippen LogP contribution in [0.5, 0.6) is 0 Å². The van der Waals surface area contributed by atoms with Gasteiger partial charge in [-0.3, -0.25) is 4.79 Å². The van der Waals surface area contributed by atoms with E-state index in [-0.39, 0.29) is 11.8 Å². The number of primary amides is 1. The Morgan fingerprint density at radius 2 is 1.76 bits per heavy atom. The molecule has 1 heterocycles. The van der Waals surface area contributed by atoms with Crippen LogP contribution in [0.25, 0.3) is 0 Å². The monoisotopic (exact) mass is 298 g/mol. The molecule has 0 fully saturated rings. The summed E-state index contributed by atoms with van der Waals surface area (Å²) in [6.07, 6.45) is -0.610. The maximum Gasteiger partial charge on any atom is 0.408 e. The van der Waals surface area contributed by atoms with Crippen molar-refractivity contribution in [3.63, 3.8) is 0 Å². The van der Waals surface area contributed by atoms with E-state index < -0.39 is 29.1 Å². The van der Waals surface area contributed by atoms with E-state index >= 15 is 0 Å². The van der Waals surface area contributed by atoms with Gasteiger partial charge in [-0.05, 0) is 26.2 Å². The molecule has 1 rings (SSSR count). The molecule has 0 aromatic carbocycles. The van der Waals surface area contributed by atoms with Gasteiger partial charge in [0.1, 0.15) is 11.6 Å². The van der Waals surface area contributed by atoms with Crippen LogP contribution < -0.4 is 11.1 Å². The van der Waals surface area contributed by atoms with E-state index in [4.69, 9.17) is 14.9 Å². The molecule has 0 bridgehead atoms. The molecular formula is C13H22N4O4. The number of ether oxygens (including phenoxy) is 1. The van der Waals surface area contributed by atoms with Crippen molar-refractivity contribution in [3.8, 4) is 0 Å². The predicted octanol–water partition coefficient (Wildman–Crippen LogP) is 1.78. The number of hydrogen-bond donors (Lipinski definition) is 2. The first kappa shape index (κ1) is 16.9. The summed E-state index contributed by atoms with van der Waals surface area (Å²) in [7, 11) is 0. The first-order chi connectivity index (χ1) is 9.40. The highest BCUT2D eigenvalue weighted by atomic mass is 16.6. The third-order valence-corrected chi connectivity index (χ3v) is 2.43. The minimum absolute atomic E-state index is 0.0992. The Kier molecular flexibility index (Phi) is 4.60. The van der Waals surface area contributed by atoms with Gasteiger partial charge in [-0.25, -0.2) is 4.79 Å². The zero-order valence-electron chi connectivity index (χ0n) is 13.2. The second-order valence-corrected chi connectivity index (χ2v) is 6.75. The topological polar surface area (TPSA) is 120 Å². The normalized spacial score (nSPS) is 13.6. The maximum absolute atomic E-state index is 11.9. The van der Waals surface area contributed by atoms with Crippen LogP contribution in [0.4, 0.5) is 4.79 Å². The molecular weight excluding hydrogens is 276 g/mol. The van der Waals surface area contributed by atoms with E-state index in [1.165, 1.54) is 0 Å². The molecule has 0 spiro atoms. The highest BCUT2D eigenvalue weighted by Crippen LogP contribution is 2.32. The van der Waals surface area contributed by atoms with Gasteiger partial charge in [0.15, 0.2) is 0 Å². The highest BCUT2D eigenvalue weighted by Gasteiger charge is 2.34. The number of nitrogens with zero attached hydrogens (tertiary/aromatic N) is 2. The van der Waals surface area contributed by atoms with Gasteiger partial charge in [-0.15, -0.1) is 10.2 Å². The van der Waals surface area contributed by atoms with E-state index in [0.29, 0.717) is 0 Å². The van der Waals surface area contributed by atoms with Crippen LogP contribution in [0.1, 0.15) is 64.2 Å². The molecule has 0 aliphatic heterocycles. The van der Waals surface area contributed by atoms with E-state index in [2.05, 4.69) is 15.5 Å². The quantitative estimate of drug-likeness (QED) is 0.877. The summed E-state index contributed by atoms with van der Waals surface area (Å²) < 4.78 is 10.4. The van der Waals surface area contributed by atoms with Crippen molar-refractivity contribution in [3.05, 3.63) is 11.8 Å². The van der Waals surface area contributed by atoms with Gasteiger partial charge < -0.3 is 20.2 Å². The van der Waals surface area contributed by atoms with Crippen LogP contribution in [0, 0.1) is 5.41 Å². The molecule has 0 saturated carbocycles. The Bertz CT molecular complexity index is 525. The van der Waals surface area contributed by atoms with Crippen molar-refractivity contribution in [1.29, 1.82) is 0 Å². The number of carbonyl (C=O) groups excluding carboxylic acids is 2. The molecule has 1 atom stereocenters. The lowest BCUT2D eigenvalue weighted by molar-refractivity contribution is 0.0446. The summed E-state index contributed by atoms with van der Waals surface area (Å²) in [6, 6.07) is -0.618. The molecule has 8 nitrogen and oxygen atoms in total. The highest BCUT2D eigenvalue weighted by molar-refractivity contribution is 5.87. The number of aromatic nitrogens is 2. The van der Waals surface area contributed by atoms with Gasteiger partial charge in [0.05, 0.1) is 0 Å². The Labute approximate surface area is 123 Å². The number of nitrogens with one attached hydrogen (secondary N) is 1. The summed E-state index contributed by atoms with van der Waals surface area (Å²) in [5.74, 6) is -1.02. The fourth-order valence-corrected chi connectivity index (χ4v) is 1.52. The van der Waals surface area contributed by atoms with Crippen LogP contribution >= 0.6 is 0 Å². The average molecular weight is 298 g/mol. The van der Waals surface area contributed by atoms with Crippen molar-refractivity contribution in [1.82, 2.24) is 15.5 Å². The Balaban J connectivity index is 2.96. The van der Waals surface area contributed by atoms with E-state index in [0.717, 1.165) is 0 Å². The molecule has 2 amide bonds. The number of nitrogens with two attached hydrogens (primary N) is 1. The minimum Gasteiger partial charge on any atom is -0.444 e. The second-order valence-electron chi connectivity index (χ2n) is 6.75. The van der Waals surface area contributed by atoms with Crippen molar-refractivity contribution < 1.29 is 18.7 Å². The van der Waals surface area contributed by atoms with Crippen LogP contribution in [0.15, 0.2) is 4.42 Å². The zero-order valence-corrected chi connectivity index (χ0v) is 13.2. The van der Waals surface area contributed by atoms with Crippen molar-refractivity contribution in [2.75, 3.05) is 0 Å². The zero-order chi connectivity index (χ0) is 16.4. The predicted molar refractivity (Wildman–Crippen MR) is 74.4 cm³/mol. The smallest absolute Gasteiger partial charge is 0.408 e. The minimum atomic E-state index is -0.821. The number of hydrogen-bond acceptors (Lipinski definition) is 6. The maximum atomic E-state index is 11.9. The summed E-state index contributed by atoms with van der Waals surface area (Å²) >= 11 is 0. The summed E-state index contributed by atoms with van der Waals surface area (Å²) in [5.41, 5.74) is 4.02. The number of alkyl carbamates (subject to hydrolysis) is 1. The SMILES string of the molecule is CC(C)(C)OC(=O)NC(c1nnc(C(N)=O)o1)C(C)(C)C. The fraction of sp³-hybridized carbons (Fsp3) is 0.692. The molecule has 0 aliphatic rings. The second kappa shape index (κ2) is 5.71. The van der Waals surface area contributed by atoms with Gasteiger partial charge in [-0.2, -0.15) is 0 Å². The Hall–Kier alpha value is -2.12. The number of amides is 2. The van der Waals surface area contributed by atoms with Gasteiger partial charge >= 0.3 is 17.9 Å². The van der Waals surface area contributed by atoms with Gasteiger partial charge in [-0.1, -0.05) is 20.8 Å². The summed E-state index contributed by atoms with van der Waals surface area (Å²) in [4.78, 5) is 22.9. The molecule has 118 valence electrons. The van der Waals surface area contributed by atoms with E-state index in [1.54, 1.807) is 20.8 Å². The fourth-order valence-electron chi connectivity index (χ4n) is 1.52. The molecule has 1 aromatic rings. The van der Waals surface area contributed by atoms with Crippen LogP contribution in [-0.4, -0.2) is 27.8 Å². The van der Waals surface area contributed by atoms with Crippen molar-refractivity contribution in [2.24, 2.45) is 11.1 Å². The molecule has 3 N–H and O–H groups in total. The van der Waals surface area contributed by atoms with Crippen molar-refractivity contribution in [2.45, 2.75) is 53.2 Å². The lowest BCUT2D eigenvalue weighted by Gasteiger charge is -2.29. The Morgan fingerprint density at radius 3 is 2.14 bits per heavy atom. The largest absolute Gasteiger partial charge is 0.444 e. The van der Waals surface area contributed by atoms with Crippen LogP contribution in [-0.2, 0) is 4.74 Å². The lowest BCUT2D eigenvalue weighted by atomic mass is 9.87. The molecule has 21 heavy (non-hydrogen) atoms. The molecule has 1 unspecified atom stereocenters. The molecule has 8 heteroatoms. The number of rotatable bonds is 3. The van der Waals surface area contributed by atoms with Crippen LogP contribution in [0.3, 0.4) is 0 Å². The Morgan fingerprint density at radius 1 is 1.19 bits per heavy atom. The van der Waals surface area contributed by atoms with Crippen molar-refractivity contribution >= 4 is 12.0 Å². The lowest BCUT2D eigenvalue weighted by Crippen LogP contribution is -2.40. The number of carbonyl (C=O) groups is 2. The summed E-state index contributed by atoms with van der Waals surface area (Å²) in [5, 5.41) is 9.99. The first-order valence-electron chi connectivity index (χ1n) is 6.53. The molecule has 0 saturated heterocycles. The van der Waals surface area contributed by atoms with E-state index in [1.807, 2.05) is 20.8 Å². The van der Waals surface area contributed by atoms with E-state index in [9.17, 15) is 9.59 Å². The first-order valence-corrected chi connectivity index (χ1v) is 6.53. The molecule has 0 radical (unpaired) electrons. The third-order valence-electron chi connectivity index (χ3n) is 2.43. The van der Waals surface area contributed by atoms with Gasteiger partial charge in [0.25, 0.3) is 0 Å². The summed E-state index contributed by atoms with van der Waals surface area (Å²) in [6.45, 7) is 10.9. The standard InChI is InChI=1S/C13H22N4O4/c1-12(2,3)7(15-11(19)21-13(4,5)6)9-16-17-10(20-9)8(14)18/h7H,1-6H3,(H2,14,18)(H,15,19). The van der Waals surface area contributed by atoms with Crippen LogP contribution in [0.2, 0.25) is 0 Å². The average Bonchev–Trinajstić information content (AvgIpc) is 2.70. The van der Waals surface area contributed by atoms with Gasteiger partial charge in [0, 0.05) is 0 Å². The van der Waals surface area contributed by atoms with Gasteiger partial charge in [0.2, 0.25) is 5.89 Å². The third kappa shape index (κ3) is 5.05. The molecule has 1 aromatic heterocycles.